The molecule has 6 nitrogen and oxygen atoms in total. The molecule has 104 valence electrons. The highest BCUT2D eigenvalue weighted by Crippen LogP contribution is 2.26. The summed E-state index contributed by atoms with van der Waals surface area (Å²) in [5.74, 6) is 0.248. The van der Waals surface area contributed by atoms with Gasteiger partial charge in [0.2, 0.25) is 5.00 Å². The molecule has 20 heavy (non-hydrogen) atoms. The van der Waals surface area contributed by atoms with Crippen LogP contribution in [0.3, 0.4) is 0 Å². The summed E-state index contributed by atoms with van der Waals surface area (Å²) in [5, 5.41) is 6.22. The summed E-state index contributed by atoms with van der Waals surface area (Å²) in [7, 11) is 0. The molecule has 0 spiro atoms. The molecule has 2 N–H and O–H groups in total. The molecule has 0 aliphatic carbocycles. The predicted molar refractivity (Wildman–Crippen MR) is 76.6 cm³/mol. The van der Waals surface area contributed by atoms with Crippen molar-refractivity contribution < 1.29 is 14.5 Å². The van der Waals surface area contributed by atoms with E-state index < -0.39 is 0 Å². The normalized spacial score (nSPS) is 10.1. The summed E-state index contributed by atoms with van der Waals surface area (Å²) in [6.45, 7) is 4.18. The fourth-order valence-corrected chi connectivity index (χ4v) is 2.40. The molecule has 0 aliphatic rings. The Morgan fingerprint density at radius 2 is 2.30 bits per heavy atom. The number of nitrogens with zero attached hydrogens (tertiary/aromatic N) is 1. The van der Waals surface area contributed by atoms with Crippen LogP contribution in [0.5, 0.6) is 5.75 Å². The second kappa shape index (κ2) is 6.25. The van der Waals surface area contributed by atoms with Crippen molar-refractivity contribution in [2.45, 2.75) is 13.8 Å². The van der Waals surface area contributed by atoms with Gasteiger partial charge in [0.05, 0.1) is 6.61 Å². The van der Waals surface area contributed by atoms with Gasteiger partial charge in [-0.2, -0.15) is 5.32 Å². The molecule has 0 bridgehead atoms. The average Bonchev–Trinajstić information content (AvgIpc) is 2.86. The molecule has 1 aromatic carbocycles. The molecule has 2 rings (SSSR count). The lowest BCUT2D eigenvalue weighted by Gasteiger charge is -2.09. The smallest absolute Gasteiger partial charge is 0.343 e. The number of nitrogens with one attached hydrogen (secondary N) is 2. The van der Waals surface area contributed by atoms with Gasteiger partial charge in [-0.15, -0.1) is 4.91 Å². The summed E-state index contributed by atoms with van der Waals surface area (Å²) in [5.41, 5.74) is 1.30. The minimum Gasteiger partial charge on any atom is -0.493 e. The Kier molecular flexibility index (Phi) is 4.41. The number of aryl methyl sites for hydroxylation is 1. The number of thiazole rings is 1. The zero-order valence-electron chi connectivity index (χ0n) is 11.1. The Hall–Kier alpha value is -2.28. The van der Waals surface area contributed by atoms with Crippen LogP contribution >= 0.6 is 11.3 Å². The number of anilines is 1. The molecule has 0 atom stereocenters. The van der Waals surface area contributed by atoms with E-state index in [1.807, 2.05) is 26.0 Å². The van der Waals surface area contributed by atoms with Gasteiger partial charge in [-0.25, -0.2) is 9.78 Å². The van der Waals surface area contributed by atoms with Crippen LogP contribution in [0.2, 0.25) is 0 Å². The Morgan fingerprint density at radius 1 is 1.50 bits per heavy atom. The number of nitroso groups, excluding NO2 is 1. The molecule has 1 amide bonds. The van der Waals surface area contributed by atoms with E-state index in [9.17, 15) is 9.70 Å². The predicted octanol–water partition coefficient (Wildman–Crippen LogP) is 2.92. The van der Waals surface area contributed by atoms with Crippen molar-refractivity contribution in [3.63, 3.8) is 0 Å². The zero-order chi connectivity index (χ0) is 14.5. The van der Waals surface area contributed by atoms with Crippen LogP contribution in [0.1, 0.15) is 22.8 Å². The molecule has 0 unspecified atom stereocenters. The lowest BCUT2D eigenvalue weighted by atomic mass is 10.1. The van der Waals surface area contributed by atoms with E-state index in [1.54, 1.807) is 6.07 Å². The van der Waals surface area contributed by atoms with E-state index in [-0.39, 0.29) is 10.9 Å². The van der Waals surface area contributed by atoms with Crippen LogP contribution in [0.25, 0.3) is 0 Å². The van der Waals surface area contributed by atoms with Crippen LogP contribution in [0, 0.1) is 11.8 Å². The van der Waals surface area contributed by atoms with Crippen LogP contribution in [0.4, 0.5) is 10.1 Å². The number of aromatic nitrogens is 1. The first kappa shape index (κ1) is 14.1. The van der Waals surface area contributed by atoms with Crippen molar-refractivity contribution in [1.82, 2.24) is 0 Å². The first-order valence-electron chi connectivity index (χ1n) is 6.04. The van der Waals surface area contributed by atoms with Crippen LogP contribution in [-0.4, -0.2) is 12.5 Å². The molecular weight excluding hydrogens is 278 g/mol. The molecule has 0 aliphatic heterocycles. The minimum absolute atomic E-state index is 0.273. The summed E-state index contributed by atoms with van der Waals surface area (Å²) < 4.78 is 5.47. The third kappa shape index (κ3) is 3.00. The Morgan fingerprint density at radius 3 is 2.95 bits per heavy atom. The molecule has 0 saturated heterocycles. The highest BCUT2D eigenvalue weighted by molar-refractivity contribution is 7.18. The standard InChI is InChI=1S/C13H13N3O3S/c1-3-19-9-6-4-5-8(2)11(9)12(17)15-13-14-7-10(16-18)20-13/h4-7H,3H2,1-2H3,(H,14,15,17)/p+1. The second-order valence-corrected chi connectivity index (χ2v) is 5.02. The summed E-state index contributed by atoms with van der Waals surface area (Å²) in [6, 6.07) is 5.43. The lowest BCUT2D eigenvalue weighted by molar-refractivity contribution is -0.353. The van der Waals surface area contributed by atoms with Gasteiger partial charge in [0, 0.05) is 0 Å². The number of amides is 1. The van der Waals surface area contributed by atoms with Crippen molar-refractivity contribution in [1.29, 1.82) is 0 Å². The van der Waals surface area contributed by atoms with E-state index in [4.69, 9.17) is 4.74 Å². The number of aromatic amines is 1. The van der Waals surface area contributed by atoms with Crippen molar-refractivity contribution in [2.75, 3.05) is 11.9 Å². The number of carbonyl (C=O) groups is 1. The monoisotopic (exact) mass is 292 g/mol. The van der Waals surface area contributed by atoms with Gasteiger partial charge in [-0.05, 0) is 42.0 Å². The SMILES string of the molecule is CCOc1cccc(C)c1C(=O)Nc1[nH+]cc(N=O)s1. The number of rotatable bonds is 5. The molecule has 0 saturated carbocycles. The zero-order valence-corrected chi connectivity index (χ0v) is 11.9. The van der Waals surface area contributed by atoms with Crippen molar-refractivity contribution in [3.05, 3.63) is 40.4 Å². The number of ether oxygens (including phenoxy) is 1. The largest absolute Gasteiger partial charge is 0.493 e. The number of H-pyrrole nitrogens is 1. The Labute approximate surface area is 119 Å². The Bertz CT molecular complexity index is 640. The number of hydrogen-bond acceptors (Lipinski definition) is 5. The van der Waals surface area contributed by atoms with E-state index in [0.29, 0.717) is 23.1 Å². The fourth-order valence-electron chi connectivity index (χ4n) is 1.77. The van der Waals surface area contributed by atoms with Gasteiger partial charge in [0.25, 0.3) is 0 Å². The first-order chi connectivity index (χ1) is 9.65. The molecule has 7 heteroatoms. The fraction of sp³-hybridized carbons (Fsp3) is 0.231. The number of hydrogen-bond donors (Lipinski definition) is 1. The maximum atomic E-state index is 12.3. The molecule has 0 radical (unpaired) electrons. The third-order valence-electron chi connectivity index (χ3n) is 2.61. The van der Waals surface area contributed by atoms with Crippen LogP contribution < -0.4 is 15.0 Å². The van der Waals surface area contributed by atoms with Gasteiger partial charge in [0.15, 0.2) is 0 Å². The van der Waals surface area contributed by atoms with Crippen molar-refractivity contribution >= 4 is 27.4 Å². The van der Waals surface area contributed by atoms with Crippen LogP contribution in [-0.2, 0) is 0 Å². The van der Waals surface area contributed by atoms with Gasteiger partial charge in [-0.1, -0.05) is 12.1 Å². The average molecular weight is 292 g/mol. The van der Waals surface area contributed by atoms with Crippen molar-refractivity contribution in [3.8, 4) is 5.75 Å². The topological polar surface area (TPSA) is 81.9 Å². The second-order valence-electron chi connectivity index (χ2n) is 3.98. The maximum Gasteiger partial charge on any atom is 0.343 e. The van der Waals surface area contributed by atoms with Crippen molar-refractivity contribution in [2.24, 2.45) is 5.18 Å². The highest BCUT2D eigenvalue weighted by Gasteiger charge is 2.21. The van der Waals surface area contributed by atoms with E-state index >= 15 is 0 Å². The van der Waals surface area contributed by atoms with E-state index in [2.05, 4.69) is 15.5 Å². The Balaban J connectivity index is 2.26. The summed E-state index contributed by atoms with van der Waals surface area (Å²) >= 11 is 1.07. The summed E-state index contributed by atoms with van der Waals surface area (Å²) in [6.07, 6.45) is 1.44. The molecule has 2 aromatic rings. The first-order valence-corrected chi connectivity index (χ1v) is 6.86. The van der Waals surface area contributed by atoms with Gasteiger partial charge < -0.3 is 4.74 Å². The maximum absolute atomic E-state index is 12.3. The van der Waals surface area contributed by atoms with Gasteiger partial charge in [-0.3, -0.25) is 0 Å². The quantitative estimate of drug-likeness (QED) is 0.860. The lowest BCUT2D eigenvalue weighted by Crippen LogP contribution is -2.18. The minimum atomic E-state index is -0.290. The number of carbonyl (C=O) groups excluding carboxylic acids is 1. The van der Waals surface area contributed by atoms with Gasteiger partial charge in [0.1, 0.15) is 17.5 Å². The van der Waals surface area contributed by atoms with E-state index in [0.717, 1.165) is 16.9 Å². The molecule has 1 heterocycles. The number of benzene rings is 1. The molecule has 1 aromatic heterocycles. The highest BCUT2D eigenvalue weighted by atomic mass is 32.1. The summed E-state index contributed by atoms with van der Waals surface area (Å²) in [4.78, 5) is 25.5. The molecular formula is C13H14N3O3S+. The van der Waals surface area contributed by atoms with Crippen LogP contribution in [0.15, 0.2) is 29.6 Å². The van der Waals surface area contributed by atoms with E-state index in [1.165, 1.54) is 6.20 Å². The third-order valence-corrected chi connectivity index (χ3v) is 3.44. The van der Waals surface area contributed by atoms with Gasteiger partial charge >= 0.3 is 11.0 Å². The molecule has 0 fully saturated rings.